The molecule has 4 unspecified atom stereocenters. The summed E-state index contributed by atoms with van der Waals surface area (Å²) in [5, 5.41) is 52.6. The Bertz CT molecular complexity index is 1280. The molecule has 11 heteroatoms. The Morgan fingerprint density at radius 1 is 1.05 bits per heavy atom. The number of aliphatic hydroxyl groups excluding tert-OH is 5. The standard InChI is InChI=1S/C26H33N3O8/c1-15-12-17(4-5-21(15)37-26(36)24(34)23(33)20(31)7-11-30)18-3-2-16-6-10-29(25(35)19(16)13-18)14-22(32)28-9-8-27/h2-6,10,12-13,20,23-24,26,30-31,33-34,36H,7-9,11,14,27H2,1H3,(H,28,32). The summed E-state index contributed by atoms with van der Waals surface area (Å²) in [5.41, 5.74) is 7.20. The molecule has 0 radical (unpaired) electrons. The van der Waals surface area contributed by atoms with E-state index in [2.05, 4.69) is 5.32 Å². The number of nitrogens with one attached hydrogen (secondary N) is 1. The van der Waals surface area contributed by atoms with Gasteiger partial charge in [0.1, 0.15) is 24.5 Å². The highest BCUT2D eigenvalue weighted by molar-refractivity contribution is 5.87. The van der Waals surface area contributed by atoms with Crippen molar-refractivity contribution < 1.29 is 35.1 Å². The van der Waals surface area contributed by atoms with Gasteiger partial charge in [-0.25, -0.2) is 0 Å². The van der Waals surface area contributed by atoms with Crippen molar-refractivity contribution in [1.82, 2.24) is 9.88 Å². The maximum absolute atomic E-state index is 13.0. The number of carbonyl (C=O) groups excluding carboxylic acids is 1. The minimum Gasteiger partial charge on any atom is -0.462 e. The van der Waals surface area contributed by atoms with Crippen molar-refractivity contribution in [3.63, 3.8) is 0 Å². The molecule has 3 aromatic rings. The highest BCUT2D eigenvalue weighted by atomic mass is 16.6. The molecule has 2 aromatic carbocycles. The van der Waals surface area contributed by atoms with Gasteiger partial charge in [0.15, 0.2) is 0 Å². The molecule has 8 N–H and O–H groups in total. The van der Waals surface area contributed by atoms with Gasteiger partial charge in [-0.1, -0.05) is 18.2 Å². The first-order chi connectivity index (χ1) is 17.7. The van der Waals surface area contributed by atoms with Crippen molar-refractivity contribution in [1.29, 1.82) is 0 Å². The van der Waals surface area contributed by atoms with Crippen LogP contribution in [0.3, 0.4) is 0 Å². The molecule has 1 amide bonds. The normalized spacial score (nSPS) is 14.7. The van der Waals surface area contributed by atoms with Crippen LogP contribution < -0.4 is 21.3 Å². The minimum atomic E-state index is -1.82. The van der Waals surface area contributed by atoms with Crippen LogP contribution in [-0.2, 0) is 11.3 Å². The fourth-order valence-electron chi connectivity index (χ4n) is 3.87. The van der Waals surface area contributed by atoms with Crippen LogP contribution in [0.15, 0.2) is 53.5 Å². The first-order valence-corrected chi connectivity index (χ1v) is 11.9. The largest absolute Gasteiger partial charge is 0.462 e. The van der Waals surface area contributed by atoms with E-state index in [1.54, 1.807) is 43.5 Å². The Labute approximate surface area is 213 Å². The number of benzene rings is 2. The SMILES string of the molecule is Cc1cc(-c2ccc3ccn(CC(=O)NCCN)c(=O)c3c2)ccc1OC(O)C(O)C(O)C(O)CCO. The Balaban J connectivity index is 1.80. The Hall–Kier alpha value is -3.32. The van der Waals surface area contributed by atoms with E-state index in [1.165, 1.54) is 4.57 Å². The number of nitrogens with two attached hydrogens (primary N) is 1. The molecule has 4 atom stereocenters. The van der Waals surface area contributed by atoms with Gasteiger partial charge in [-0.05, 0) is 59.7 Å². The maximum atomic E-state index is 13.0. The van der Waals surface area contributed by atoms with Crippen LogP contribution >= 0.6 is 0 Å². The summed E-state index contributed by atoms with van der Waals surface area (Å²) >= 11 is 0. The third-order valence-electron chi connectivity index (χ3n) is 5.98. The van der Waals surface area contributed by atoms with Crippen molar-refractivity contribution in [2.45, 2.75) is 44.5 Å². The van der Waals surface area contributed by atoms with E-state index in [9.17, 15) is 30.0 Å². The fourth-order valence-corrected chi connectivity index (χ4v) is 3.87. The molecular weight excluding hydrogens is 482 g/mol. The third kappa shape index (κ3) is 6.92. The van der Waals surface area contributed by atoms with Crippen LogP contribution in [0.4, 0.5) is 0 Å². The maximum Gasteiger partial charge on any atom is 0.258 e. The number of hydrogen-bond donors (Lipinski definition) is 7. The summed E-state index contributed by atoms with van der Waals surface area (Å²) in [6.45, 7) is 1.84. The number of ether oxygens (including phenoxy) is 1. The summed E-state index contributed by atoms with van der Waals surface area (Å²) in [6, 6.07) is 12.2. The molecule has 0 bridgehead atoms. The van der Waals surface area contributed by atoms with Crippen molar-refractivity contribution in [3.8, 4) is 16.9 Å². The van der Waals surface area contributed by atoms with Crippen LogP contribution in [0.25, 0.3) is 21.9 Å². The van der Waals surface area contributed by atoms with Crippen LogP contribution in [0, 0.1) is 6.92 Å². The molecule has 0 spiro atoms. The fraction of sp³-hybridized carbons (Fsp3) is 0.385. The molecule has 1 aromatic heterocycles. The topological polar surface area (TPSA) is 188 Å². The molecule has 200 valence electrons. The summed E-state index contributed by atoms with van der Waals surface area (Å²) in [6.07, 6.45) is -5.37. The van der Waals surface area contributed by atoms with Crippen LogP contribution in [0.5, 0.6) is 5.75 Å². The number of aliphatic hydroxyl groups is 5. The molecule has 0 aliphatic rings. The van der Waals surface area contributed by atoms with Gasteiger partial charge >= 0.3 is 0 Å². The number of pyridine rings is 1. The average Bonchev–Trinajstić information content (AvgIpc) is 2.89. The van der Waals surface area contributed by atoms with E-state index in [0.29, 0.717) is 24.0 Å². The number of fused-ring (bicyclic) bond motifs is 1. The first kappa shape index (κ1) is 28.3. The summed E-state index contributed by atoms with van der Waals surface area (Å²) < 4.78 is 6.72. The van der Waals surface area contributed by atoms with Crippen molar-refractivity contribution >= 4 is 16.7 Å². The molecule has 0 fully saturated rings. The van der Waals surface area contributed by atoms with E-state index in [4.69, 9.17) is 15.6 Å². The van der Waals surface area contributed by atoms with Gasteiger partial charge in [0.2, 0.25) is 12.2 Å². The predicted molar refractivity (Wildman–Crippen MR) is 137 cm³/mol. The second-order valence-corrected chi connectivity index (χ2v) is 8.74. The van der Waals surface area contributed by atoms with E-state index < -0.39 is 31.2 Å². The third-order valence-corrected chi connectivity index (χ3v) is 5.98. The Morgan fingerprint density at radius 2 is 1.76 bits per heavy atom. The lowest BCUT2D eigenvalue weighted by Gasteiger charge is -2.27. The van der Waals surface area contributed by atoms with Crippen LogP contribution in [-0.4, -0.2) is 80.3 Å². The van der Waals surface area contributed by atoms with Gasteiger partial charge in [0.05, 0.1) is 6.10 Å². The number of hydrogen-bond acceptors (Lipinski definition) is 9. The van der Waals surface area contributed by atoms with E-state index in [0.717, 1.165) is 16.5 Å². The number of nitrogens with zero attached hydrogens (tertiary/aromatic N) is 1. The average molecular weight is 516 g/mol. The molecule has 0 saturated carbocycles. The Morgan fingerprint density at radius 3 is 2.43 bits per heavy atom. The molecule has 0 saturated heterocycles. The van der Waals surface area contributed by atoms with Crippen molar-refractivity contribution in [3.05, 3.63) is 64.6 Å². The summed E-state index contributed by atoms with van der Waals surface area (Å²) in [7, 11) is 0. The molecule has 11 nitrogen and oxygen atoms in total. The monoisotopic (exact) mass is 515 g/mol. The molecule has 0 aliphatic heterocycles. The lowest BCUT2D eigenvalue weighted by molar-refractivity contribution is -0.166. The quantitative estimate of drug-likeness (QED) is 0.152. The molecular formula is C26H33N3O8. The van der Waals surface area contributed by atoms with Gasteiger partial charge in [-0.15, -0.1) is 0 Å². The van der Waals surface area contributed by atoms with E-state index in [1.807, 2.05) is 12.1 Å². The molecule has 0 aliphatic carbocycles. The van der Waals surface area contributed by atoms with E-state index >= 15 is 0 Å². The highest BCUT2D eigenvalue weighted by Crippen LogP contribution is 2.29. The number of aryl methyl sites for hydroxylation is 1. The summed E-state index contributed by atoms with van der Waals surface area (Å²) in [5.74, 6) is -0.0669. The Kier molecular flexibility index (Phi) is 9.75. The van der Waals surface area contributed by atoms with Crippen molar-refractivity contribution in [2.24, 2.45) is 5.73 Å². The van der Waals surface area contributed by atoms with Gasteiger partial charge in [-0.3, -0.25) is 9.59 Å². The van der Waals surface area contributed by atoms with Gasteiger partial charge < -0.3 is 45.9 Å². The van der Waals surface area contributed by atoms with Gasteiger partial charge in [0, 0.05) is 31.3 Å². The number of aromatic nitrogens is 1. The lowest BCUT2D eigenvalue weighted by atomic mass is 10.00. The molecule has 3 rings (SSSR count). The van der Waals surface area contributed by atoms with Crippen molar-refractivity contribution in [2.75, 3.05) is 19.7 Å². The number of carbonyl (C=O) groups is 1. The zero-order chi connectivity index (χ0) is 27.1. The highest BCUT2D eigenvalue weighted by Gasteiger charge is 2.31. The molecule has 1 heterocycles. The smallest absolute Gasteiger partial charge is 0.258 e. The first-order valence-electron chi connectivity index (χ1n) is 11.9. The summed E-state index contributed by atoms with van der Waals surface area (Å²) in [4.78, 5) is 25.0. The zero-order valence-electron chi connectivity index (χ0n) is 20.4. The molecule has 37 heavy (non-hydrogen) atoms. The number of rotatable bonds is 12. The minimum absolute atomic E-state index is 0.121. The lowest BCUT2D eigenvalue weighted by Crippen LogP contribution is -2.47. The second kappa shape index (κ2) is 12.8. The van der Waals surface area contributed by atoms with Gasteiger partial charge in [-0.2, -0.15) is 0 Å². The van der Waals surface area contributed by atoms with Crippen LogP contribution in [0.2, 0.25) is 0 Å². The van der Waals surface area contributed by atoms with Crippen LogP contribution in [0.1, 0.15) is 12.0 Å². The van der Waals surface area contributed by atoms with Gasteiger partial charge in [0.25, 0.3) is 5.56 Å². The number of amides is 1. The second-order valence-electron chi connectivity index (χ2n) is 8.74. The zero-order valence-corrected chi connectivity index (χ0v) is 20.4. The predicted octanol–water partition coefficient (Wildman–Crippen LogP) is -0.786. The van der Waals surface area contributed by atoms with E-state index in [-0.39, 0.29) is 30.2 Å².